The SMILES string of the molecule is Cc1cc(/C=C2/C(=O)NC(=S)N(Cc3ccco3)C2=O)c(C)n1-c1cccc([N+](=O)[O-])c1. The third-order valence-electron chi connectivity index (χ3n) is 5.15. The second-order valence-electron chi connectivity index (χ2n) is 7.23. The Kier molecular flexibility index (Phi) is 5.45. The van der Waals surface area contributed by atoms with Gasteiger partial charge in [0.25, 0.3) is 17.5 Å². The summed E-state index contributed by atoms with van der Waals surface area (Å²) in [7, 11) is 0. The summed E-state index contributed by atoms with van der Waals surface area (Å²) in [5.41, 5.74) is 2.67. The summed E-state index contributed by atoms with van der Waals surface area (Å²) in [6.07, 6.45) is 3.00. The van der Waals surface area contributed by atoms with Gasteiger partial charge in [-0.25, -0.2) is 0 Å². The largest absolute Gasteiger partial charge is 0.467 e. The standard InChI is InChI=1S/C22H18N4O5S/c1-13-9-15(14(2)25(13)16-5-3-6-17(11-16)26(29)30)10-19-20(27)23-22(32)24(21(19)28)12-18-7-4-8-31-18/h3-11H,12H2,1-2H3,(H,23,27,32)/b19-10-. The molecule has 10 heteroatoms. The van der Waals surface area contributed by atoms with Gasteiger partial charge in [0.05, 0.1) is 23.4 Å². The van der Waals surface area contributed by atoms with Crippen LogP contribution in [0.25, 0.3) is 11.8 Å². The van der Waals surface area contributed by atoms with Gasteiger partial charge in [0.2, 0.25) is 0 Å². The minimum atomic E-state index is -0.587. The lowest BCUT2D eigenvalue weighted by Crippen LogP contribution is -2.53. The van der Waals surface area contributed by atoms with Gasteiger partial charge >= 0.3 is 0 Å². The summed E-state index contributed by atoms with van der Waals surface area (Å²) in [6.45, 7) is 3.75. The summed E-state index contributed by atoms with van der Waals surface area (Å²) < 4.78 is 7.12. The van der Waals surface area contributed by atoms with Gasteiger partial charge in [-0.3, -0.25) is 29.9 Å². The molecule has 2 aromatic heterocycles. The molecule has 1 aromatic carbocycles. The molecule has 0 radical (unpaired) electrons. The number of carbonyl (C=O) groups is 2. The topological polar surface area (TPSA) is 111 Å². The van der Waals surface area contributed by atoms with E-state index in [0.717, 1.165) is 11.4 Å². The number of nitro groups is 1. The normalized spacial score (nSPS) is 15.4. The Bertz CT molecular complexity index is 1290. The number of non-ortho nitro benzene ring substituents is 1. The average molecular weight is 450 g/mol. The number of carbonyl (C=O) groups excluding carboxylic acids is 2. The van der Waals surface area contributed by atoms with Crippen molar-refractivity contribution in [2.45, 2.75) is 20.4 Å². The van der Waals surface area contributed by atoms with E-state index < -0.39 is 16.7 Å². The van der Waals surface area contributed by atoms with Gasteiger partial charge in [-0.15, -0.1) is 0 Å². The molecular weight excluding hydrogens is 432 g/mol. The highest BCUT2D eigenvalue weighted by Crippen LogP contribution is 2.26. The van der Waals surface area contributed by atoms with E-state index in [9.17, 15) is 19.7 Å². The molecule has 32 heavy (non-hydrogen) atoms. The van der Waals surface area contributed by atoms with Gasteiger partial charge in [-0.1, -0.05) is 6.07 Å². The third kappa shape index (κ3) is 3.83. The summed E-state index contributed by atoms with van der Waals surface area (Å²) in [5.74, 6) is -0.591. The van der Waals surface area contributed by atoms with Crippen molar-refractivity contribution in [3.63, 3.8) is 0 Å². The van der Waals surface area contributed by atoms with E-state index in [0.29, 0.717) is 17.0 Å². The number of hydrogen-bond acceptors (Lipinski definition) is 6. The first-order chi connectivity index (χ1) is 15.3. The molecule has 0 aliphatic carbocycles. The zero-order chi connectivity index (χ0) is 23.0. The Morgan fingerprint density at radius 3 is 2.66 bits per heavy atom. The predicted molar refractivity (Wildman–Crippen MR) is 120 cm³/mol. The Balaban J connectivity index is 1.71. The second kappa shape index (κ2) is 8.23. The maximum atomic E-state index is 13.1. The van der Waals surface area contributed by atoms with Crippen LogP contribution in [0.2, 0.25) is 0 Å². The van der Waals surface area contributed by atoms with Gasteiger partial charge < -0.3 is 8.98 Å². The van der Waals surface area contributed by atoms with Crippen molar-refractivity contribution in [3.05, 3.63) is 87.1 Å². The van der Waals surface area contributed by atoms with Crippen LogP contribution in [0.1, 0.15) is 22.7 Å². The van der Waals surface area contributed by atoms with Crippen molar-refractivity contribution in [3.8, 4) is 5.69 Å². The lowest BCUT2D eigenvalue weighted by molar-refractivity contribution is -0.384. The lowest BCUT2D eigenvalue weighted by atomic mass is 10.1. The Labute approximate surface area is 188 Å². The average Bonchev–Trinajstić information content (AvgIpc) is 3.36. The Morgan fingerprint density at radius 1 is 1.19 bits per heavy atom. The van der Waals surface area contributed by atoms with Crippen molar-refractivity contribution in [1.82, 2.24) is 14.8 Å². The van der Waals surface area contributed by atoms with E-state index in [2.05, 4.69) is 5.32 Å². The minimum absolute atomic E-state index is 0.00983. The molecule has 0 spiro atoms. The zero-order valence-corrected chi connectivity index (χ0v) is 18.0. The predicted octanol–water partition coefficient (Wildman–Crippen LogP) is 3.42. The number of aryl methyl sites for hydroxylation is 1. The highest BCUT2D eigenvalue weighted by Gasteiger charge is 2.34. The van der Waals surface area contributed by atoms with E-state index in [-0.39, 0.29) is 22.9 Å². The third-order valence-corrected chi connectivity index (χ3v) is 5.47. The number of nitro benzene ring substituents is 1. The van der Waals surface area contributed by atoms with Crippen LogP contribution in [0.15, 0.2) is 58.7 Å². The molecule has 1 saturated heterocycles. The number of amides is 2. The molecule has 162 valence electrons. The molecular formula is C22H18N4O5S. The number of thiocarbonyl (C=S) groups is 1. The van der Waals surface area contributed by atoms with Crippen LogP contribution < -0.4 is 5.32 Å². The molecule has 1 aliphatic heterocycles. The van der Waals surface area contributed by atoms with Gasteiger partial charge in [-0.2, -0.15) is 0 Å². The second-order valence-corrected chi connectivity index (χ2v) is 7.61. The number of rotatable bonds is 5. The number of aromatic nitrogens is 1. The fraction of sp³-hybridized carbons (Fsp3) is 0.136. The lowest BCUT2D eigenvalue weighted by Gasteiger charge is -2.28. The van der Waals surface area contributed by atoms with Crippen molar-refractivity contribution in [2.75, 3.05) is 0 Å². The van der Waals surface area contributed by atoms with Crippen molar-refractivity contribution >= 4 is 40.9 Å². The molecule has 1 N–H and O–H groups in total. The van der Waals surface area contributed by atoms with Crippen LogP contribution in [-0.4, -0.2) is 31.3 Å². The van der Waals surface area contributed by atoms with E-state index in [1.165, 1.54) is 29.4 Å². The fourth-order valence-electron chi connectivity index (χ4n) is 3.63. The molecule has 1 aliphatic rings. The maximum absolute atomic E-state index is 13.1. The molecule has 4 rings (SSSR count). The van der Waals surface area contributed by atoms with Crippen molar-refractivity contribution < 1.29 is 18.9 Å². The summed E-state index contributed by atoms with van der Waals surface area (Å²) in [6, 6.07) is 11.5. The Morgan fingerprint density at radius 2 is 1.97 bits per heavy atom. The molecule has 3 aromatic rings. The van der Waals surface area contributed by atoms with Crippen LogP contribution in [0.5, 0.6) is 0 Å². The van der Waals surface area contributed by atoms with Crippen molar-refractivity contribution in [1.29, 1.82) is 0 Å². The molecule has 9 nitrogen and oxygen atoms in total. The molecule has 0 bridgehead atoms. The Hall–Kier alpha value is -4.05. The van der Waals surface area contributed by atoms with Crippen LogP contribution in [0.3, 0.4) is 0 Å². The highest BCUT2D eigenvalue weighted by molar-refractivity contribution is 7.80. The van der Waals surface area contributed by atoms with Crippen molar-refractivity contribution in [2.24, 2.45) is 0 Å². The zero-order valence-electron chi connectivity index (χ0n) is 17.2. The van der Waals surface area contributed by atoms with Crippen LogP contribution in [0.4, 0.5) is 5.69 Å². The monoisotopic (exact) mass is 450 g/mol. The van der Waals surface area contributed by atoms with Gasteiger partial charge in [0.1, 0.15) is 11.3 Å². The van der Waals surface area contributed by atoms with Crippen LogP contribution in [0, 0.1) is 24.0 Å². The number of nitrogens with zero attached hydrogens (tertiary/aromatic N) is 3. The molecule has 0 unspecified atom stereocenters. The number of furan rings is 1. The van der Waals surface area contributed by atoms with Gasteiger partial charge in [0.15, 0.2) is 5.11 Å². The smallest absolute Gasteiger partial charge is 0.271 e. The van der Waals surface area contributed by atoms with E-state index >= 15 is 0 Å². The highest BCUT2D eigenvalue weighted by atomic mass is 32.1. The summed E-state index contributed by atoms with van der Waals surface area (Å²) in [5, 5.41) is 13.7. The first kappa shape index (κ1) is 21.2. The molecule has 2 amide bonds. The number of benzene rings is 1. The van der Waals surface area contributed by atoms with Gasteiger partial charge in [0, 0.05) is 23.5 Å². The molecule has 1 fully saturated rings. The molecule has 0 atom stereocenters. The quantitative estimate of drug-likeness (QED) is 0.210. The van der Waals surface area contributed by atoms with E-state index in [1.807, 2.05) is 24.5 Å². The van der Waals surface area contributed by atoms with E-state index in [4.69, 9.17) is 16.6 Å². The summed E-state index contributed by atoms with van der Waals surface area (Å²) >= 11 is 5.16. The van der Waals surface area contributed by atoms with E-state index in [1.54, 1.807) is 24.3 Å². The first-order valence-corrected chi connectivity index (χ1v) is 10.0. The van der Waals surface area contributed by atoms with Crippen LogP contribution >= 0.6 is 12.2 Å². The fourth-order valence-corrected chi connectivity index (χ4v) is 3.87. The maximum Gasteiger partial charge on any atom is 0.271 e. The minimum Gasteiger partial charge on any atom is -0.467 e. The van der Waals surface area contributed by atoms with Gasteiger partial charge in [-0.05, 0) is 62.0 Å². The first-order valence-electron chi connectivity index (χ1n) is 9.61. The number of nitrogens with one attached hydrogen (secondary N) is 1. The number of hydrogen-bond donors (Lipinski definition) is 1. The molecule has 3 heterocycles. The van der Waals surface area contributed by atoms with Crippen LogP contribution in [-0.2, 0) is 16.1 Å². The molecule has 0 saturated carbocycles. The summed E-state index contributed by atoms with van der Waals surface area (Å²) in [4.78, 5) is 37.6.